The number of fused-ring (bicyclic) bond motifs is 1. The zero-order valence-corrected chi connectivity index (χ0v) is 5.33. The third kappa shape index (κ3) is 0.760. The van der Waals surface area contributed by atoms with Crippen molar-refractivity contribution < 1.29 is 2.74 Å². The van der Waals surface area contributed by atoms with Crippen molar-refractivity contribution in [2.45, 2.75) is 0 Å². The molecule has 1 nitrogen and oxygen atoms in total. The summed E-state index contributed by atoms with van der Waals surface area (Å²) in [6.07, 6.45) is 3.19. The summed E-state index contributed by atoms with van der Waals surface area (Å²) in [5, 5.41) is 1.70. The number of benzene rings is 1. The topological polar surface area (TPSA) is 12.9 Å². The Morgan fingerprint density at radius 3 is 3.30 bits per heavy atom. The Bertz CT molecular complexity index is 426. The first-order valence-corrected chi connectivity index (χ1v) is 3.08. The average Bonchev–Trinajstić information content (AvgIpc) is 2.07. The molecule has 0 aliphatic carbocycles. The molecule has 0 spiro atoms. The average molecular weight is 131 g/mol. The number of aromatic nitrogens is 1. The van der Waals surface area contributed by atoms with Crippen LogP contribution in [0.1, 0.15) is 2.74 Å². The second-order valence-corrected chi connectivity index (χ2v) is 2.06. The van der Waals surface area contributed by atoms with Gasteiger partial charge in [-0.05, 0) is 16.8 Å². The van der Waals surface area contributed by atoms with Crippen LogP contribution in [-0.4, -0.2) is 4.98 Å². The monoisotopic (exact) mass is 131 g/mol. The van der Waals surface area contributed by atoms with Crippen LogP contribution in [0.15, 0.2) is 42.7 Å². The molecular formula is C9H7N. The predicted molar refractivity (Wildman–Crippen MR) is 41.7 cm³/mol. The van der Waals surface area contributed by atoms with E-state index in [1.54, 1.807) is 18.3 Å². The van der Waals surface area contributed by atoms with Crippen LogP contribution in [-0.2, 0) is 0 Å². The van der Waals surface area contributed by atoms with Gasteiger partial charge in [0.15, 0.2) is 0 Å². The summed E-state index contributed by atoms with van der Waals surface area (Å²) in [5.74, 6) is 0. The van der Waals surface area contributed by atoms with E-state index in [1.165, 1.54) is 6.20 Å². The lowest BCUT2D eigenvalue weighted by Gasteiger charge is -1.91. The Morgan fingerprint density at radius 2 is 2.30 bits per heavy atom. The van der Waals surface area contributed by atoms with Crippen LogP contribution in [0.2, 0.25) is 0 Å². The lowest BCUT2D eigenvalue weighted by atomic mass is 10.2. The number of hydrogen-bond acceptors (Lipinski definition) is 1. The maximum atomic E-state index is 7.51. The minimum atomic E-state index is 0.376. The summed E-state index contributed by atoms with van der Waals surface area (Å²) >= 11 is 0. The highest BCUT2D eigenvalue weighted by Gasteiger charge is 1.86. The van der Waals surface area contributed by atoms with Crippen LogP contribution in [0.5, 0.6) is 0 Å². The smallest absolute Gasteiger partial charge is 0.0646 e. The third-order valence-corrected chi connectivity index (χ3v) is 1.41. The molecule has 1 aromatic carbocycles. The Balaban J connectivity index is 2.88. The number of rotatable bonds is 0. The molecule has 2 rings (SSSR count). The van der Waals surface area contributed by atoms with Gasteiger partial charge in [0.1, 0.15) is 0 Å². The van der Waals surface area contributed by atoms with Gasteiger partial charge in [0.25, 0.3) is 0 Å². The summed E-state index contributed by atoms with van der Waals surface area (Å²) in [7, 11) is 0. The van der Waals surface area contributed by atoms with Crippen LogP contribution in [0, 0.1) is 0 Å². The minimum Gasteiger partial charge on any atom is -0.264 e. The van der Waals surface area contributed by atoms with Crippen molar-refractivity contribution in [3.05, 3.63) is 42.7 Å². The molecule has 1 heterocycles. The molecule has 0 saturated carbocycles. The van der Waals surface area contributed by atoms with Crippen molar-refractivity contribution in [2.24, 2.45) is 0 Å². The molecule has 0 amide bonds. The fourth-order valence-electron chi connectivity index (χ4n) is 0.904. The van der Waals surface area contributed by atoms with Crippen molar-refractivity contribution in [3.8, 4) is 0 Å². The van der Waals surface area contributed by atoms with E-state index in [2.05, 4.69) is 4.98 Å². The summed E-state index contributed by atoms with van der Waals surface area (Å²) < 4.78 is 14.9. The molecule has 0 aliphatic heterocycles. The highest BCUT2D eigenvalue weighted by molar-refractivity contribution is 5.80. The minimum absolute atomic E-state index is 0.376. The highest BCUT2D eigenvalue weighted by Crippen LogP contribution is 2.09. The molecule has 0 N–H and O–H groups in total. The molecule has 0 fully saturated rings. The number of pyridine rings is 1. The van der Waals surface area contributed by atoms with Crippen LogP contribution >= 0.6 is 0 Å². The first-order chi connectivity index (χ1) is 5.77. The Kier molecular flexibility index (Phi) is 0.781. The molecule has 0 aliphatic rings. The zero-order chi connectivity index (χ0) is 8.55. The molecule has 2 aromatic rings. The SMILES string of the molecule is [2H]c1ccc2cncc([2H])c2c1. The molecule has 10 heavy (non-hydrogen) atoms. The fraction of sp³-hybridized carbons (Fsp3) is 0. The molecule has 0 radical (unpaired) electrons. The van der Waals surface area contributed by atoms with E-state index in [0.717, 1.165) is 10.8 Å². The zero-order valence-electron chi connectivity index (χ0n) is 7.33. The van der Waals surface area contributed by atoms with Gasteiger partial charge in [-0.3, -0.25) is 4.98 Å². The van der Waals surface area contributed by atoms with Crippen LogP contribution in [0.3, 0.4) is 0 Å². The quantitative estimate of drug-likeness (QED) is 0.534. The van der Waals surface area contributed by atoms with Gasteiger partial charge in [-0.2, -0.15) is 0 Å². The summed E-state index contributed by atoms with van der Waals surface area (Å²) in [6, 6.07) is 6.00. The van der Waals surface area contributed by atoms with E-state index in [0.29, 0.717) is 12.1 Å². The largest absolute Gasteiger partial charge is 0.264 e. The van der Waals surface area contributed by atoms with Gasteiger partial charge in [0, 0.05) is 12.4 Å². The molecule has 1 aromatic heterocycles. The van der Waals surface area contributed by atoms with E-state index in [-0.39, 0.29) is 0 Å². The second-order valence-electron chi connectivity index (χ2n) is 2.06. The van der Waals surface area contributed by atoms with Crippen LogP contribution < -0.4 is 0 Å². The fourth-order valence-corrected chi connectivity index (χ4v) is 0.904. The van der Waals surface area contributed by atoms with Gasteiger partial charge in [0.2, 0.25) is 0 Å². The Labute approximate surface area is 62.1 Å². The van der Waals surface area contributed by atoms with Gasteiger partial charge in [-0.25, -0.2) is 0 Å². The van der Waals surface area contributed by atoms with Gasteiger partial charge < -0.3 is 0 Å². The van der Waals surface area contributed by atoms with Crippen molar-refractivity contribution in [1.29, 1.82) is 0 Å². The van der Waals surface area contributed by atoms with E-state index in [9.17, 15) is 0 Å². The van der Waals surface area contributed by atoms with E-state index < -0.39 is 0 Å². The first kappa shape index (κ1) is 3.71. The maximum Gasteiger partial charge on any atom is 0.0646 e. The van der Waals surface area contributed by atoms with Crippen molar-refractivity contribution in [2.75, 3.05) is 0 Å². The van der Waals surface area contributed by atoms with Gasteiger partial charge in [-0.1, -0.05) is 24.2 Å². The predicted octanol–water partition coefficient (Wildman–Crippen LogP) is 2.23. The molecule has 0 bridgehead atoms. The van der Waals surface area contributed by atoms with E-state index in [4.69, 9.17) is 2.74 Å². The summed E-state index contributed by atoms with van der Waals surface area (Å²) in [5.41, 5.74) is 0. The standard InChI is InChI=1S/C9H7N/c1-2-4-9-7-10-6-5-8(9)3-1/h1-7H/i1D,5D. The molecule has 0 unspecified atom stereocenters. The van der Waals surface area contributed by atoms with E-state index >= 15 is 0 Å². The van der Waals surface area contributed by atoms with Gasteiger partial charge >= 0.3 is 0 Å². The highest BCUT2D eigenvalue weighted by atomic mass is 14.6. The summed E-state index contributed by atoms with van der Waals surface area (Å²) in [6.45, 7) is 0. The summed E-state index contributed by atoms with van der Waals surface area (Å²) in [4.78, 5) is 3.89. The molecule has 0 saturated heterocycles. The van der Waals surface area contributed by atoms with Crippen molar-refractivity contribution >= 4 is 10.8 Å². The van der Waals surface area contributed by atoms with Crippen molar-refractivity contribution in [1.82, 2.24) is 4.98 Å². The first-order valence-electron chi connectivity index (χ1n) is 4.08. The molecule has 48 valence electrons. The van der Waals surface area contributed by atoms with Crippen LogP contribution in [0.4, 0.5) is 0 Å². The number of nitrogens with zero attached hydrogens (tertiary/aromatic N) is 1. The molecule has 0 atom stereocenters. The molecule has 1 heteroatoms. The van der Waals surface area contributed by atoms with E-state index in [1.807, 2.05) is 6.07 Å². The number of hydrogen-bond donors (Lipinski definition) is 0. The van der Waals surface area contributed by atoms with Crippen LogP contribution in [0.25, 0.3) is 10.8 Å². The normalized spacial score (nSPS) is 12.8. The second kappa shape index (κ2) is 2.10. The van der Waals surface area contributed by atoms with Gasteiger partial charge in [-0.15, -0.1) is 0 Å². The lowest BCUT2D eigenvalue weighted by Crippen LogP contribution is -1.71. The third-order valence-electron chi connectivity index (χ3n) is 1.41. The lowest BCUT2D eigenvalue weighted by molar-refractivity contribution is 1.36. The maximum absolute atomic E-state index is 7.51. The molecular weight excluding hydrogens is 122 g/mol. The Morgan fingerprint density at radius 1 is 1.30 bits per heavy atom. The Hall–Kier alpha value is -1.37. The van der Waals surface area contributed by atoms with Crippen molar-refractivity contribution in [3.63, 3.8) is 0 Å². The van der Waals surface area contributed by atoms with Gasteiger partial charge in [0.05, 0.1) is 2.74 Å².